The SMILES string of the molecule is CC(NCc1csc(Br)c1)C(O)c1ccc(F)cc1. The van der Waals surface area contributed by atoms with Crippen LogP contribution >= 0.6 is 27.3 Å². The maximum absolute atomic E-state index is 12.8. The number of thiophene rings is 1. The second-order valence-electron chi connectivity index (χ2n) is 4.43. The van der Waals surface area contributed by atoms with Crippen LogP contribution in [0, 0.1) is 5.82 Å². The van der Waals surface area contributed by atoms with Crippen molar-refractivity contribution in [1.82, 2.24) is 5.32 Å². The van der Waals surface area contributed by atoms with E-state index in [2.05, 4.69) is 32.7 Å². The summed E-state index contributed by atoms with van der Waals surface area (Å²) in [6.07, 6.45) is -0.650. The van der Waals surface area contributed by atoms with Gasteiger partial charge in [0.2, 0.25) is 0 Å². The van der Waals surface area contributed by atoms with Gasteiger partial charge in [0, 0.05) is 12.6 Å². The Labute approximate surface area is 124 Å². The topological polar surface area (TPSA) is 32.3 Å². The highest BCUT2D eigenvalue weighted by atomic mass is 79.9. The third kappa shape index (κ3) is 4.11. The summed E-state index contributed by atoms with van der Waals surface area (Å²) in [4.78, 5) is 0. The number of hydrogen-bond acceptors (Lipinski definition) is 3. The van der Waals surface area contributed by atoms with Crippen molar-refractivity contribution < 1.29 is 9.50 Å². The summed E-state index contributed by atoms with van der Waals surface area (Å²) < 4.78 is 13.9. The monoisotopic (exact) mass is 343 g/mol. The van der Waals surface area contributed by atoms with E-state index in [4.69, 9.17) is 0 Å². The number of aliphatic hydroxyl groups excluding tert-OH is 1. The van der Waals surface area contributed by atoms with E-state index in [1.807, 2.05) is 6.92 Å². The van der Waals surface area contributed by atoms with E-state index in [1.54, 1.807) is 23.5 Å². The maximum Gasteiger partial charge on any atom is 0.123 e. The van der Waals surface area contributed by atoms with Gasteiger partial charge in [-0.15, -0.1) is 11.3 Å². The van der Waals surface area contributed by atoms with Crippen molar-refractivity contribution in [3.05, 3.63) is 56.4 Å². The zero-order valence-corrected chi connectivity index (χ0v) is 12.8. The first-order valence-corrected chi connectivity index (χ1v) is 7.63. The van der Waals surface area contributed by atoms with Gasteiger partial charge in [-0.2, -0.15) is 0 Å². The predicted octanol–water partition coefficient (Wildman–Crippen LogP) is 3.86. The summed E-state index contributed by atoms with van der Waals surface area (Å²) in [5, 5.41) is 15.5. The van der Waals surface area contributed by atoms with Crippen LogP contribution in [-0.2, 0) is 6.54 Å². The van der Waals surface area contributed by atoms with E-state index in [9.17, 15) is 9.50 Å². The largest absolute Gasteiger partial charge is 0.387 e. The molecule has 0 amide bonds. The van der Waals surface area contributed by atoms with Crippen LogP contribution in [0.25, 0.3) is 0 Å². The van der Waals surface area contributed by atoms with Crippen LogP contribution in [0.15, 0.2) is 39.5 Å². The smallest absolute Gasteiger partial charge is 0.123 e. The molecule has 2 aromatic rings. The molecule has 2 rings (SSSR count). The van der Waals surface area contributed by atoms with Gasteiger partial charge in [-0.1, -0.05) is 12.1 Å². The fourth-order valence-electron chi connectivity index (χ4n) is 1.78. The van der Waals surface area contributed by atoms with Crippen LogP contribution in [0.5, 0.6) is 0 Å². The summed E-state index contributed by atoms with van der Waals surface area (Å²) in [6.45, 7) is 2.61. The van der Waals surface area contributed by atoms with Crippen molar-refractivity contribution in [3.8, 4) is 0 Å². The molecule has 0 aliphatic carbocycles. The average molecular weight is 344 g/mol. The summed E-state index contributed by atoms with van der Waals surface area (Å²) >= 11 is 5.05. The van der Waals surface area contributed by atoms with Gasteiger partial charge in [0.15, 0.2) is 0 Å². The molecule has 2 nitrogen and oxygen atoms in total. The Bertz CT molecular complexity index is 528. The van der Waals surface area contributed by atoms with Crippen LogP contribution in [0.1, 0.15) is 24.2 Å². The zero-order valence-electron chi connectivity index (χ0n) is 10.4. The molecule has 5 heteroatoms. The number of aliphatic hydroxyl groups is 1. The number of rotatable bonds is 5. The fourth-order valence-corrected chi connectivity index (χ4v) is 2.99. The van der Waals surface area contributed by atoms with Gasteiger partial charge in [-0.3, -0.25) is 0 Å². The Morgan fingerprint density at radius 1 is 1.37 bits per heavy atom. The molecular formula is C14H15BrFNOS. The standard InChI is InChI=1S/C14H15BrFNOS/c1-9(17-7-10-6-13(15)19-8-10)14(18)11-2-4-12(16)5-3-11/h2-6,8-9,14,17-18H,7H2,1H3. The lowest BCUT2D eigenvalue weighted by Crippen LogP contribution is -2.31. The van der Waals surface area contributed by atoms with Gasteiger partial charge in [-0.05, 0) is 57.6 Å². The van der Waals surface area contributed by atoms with Crippen molar-refractivity contribution >= 4 is 27.3 Å². The fraction of sp³-hybridized carbons (Fsp3) is 0.286. The molecule has 1 heterocycles. The Balaban J connectivity index is 1.92. The maximum atomic E-state index is 12.8. The minimum Gasteiger partial charge on any atom is -0.387 e. The predicted molar refractivity (Wildman–Crippen MR) is 79.7 cm³/mol. The molecule has 1 aromatic carbocycles. The van der Waals surface area contributed by atoms with Crippen LogP contribution in [-0.4, -0.2) is 11.1 Å². The Morgan fingerprint density at radius 3 is 2.63 bits per heavy atom. The normalized spacial score (nSPS) is 14.3. The van der Waals surface area contributed by atoms with Crippen LogP contribution in [0.3, 0.4) is 0 Å². The van der Waals surface area contributed by atoms with E-state index in [0.29, 0.717) is 12.1 Å². The Morgan fingerprint density at radius 2 is 2.05 bits per heavy atom. The van der Waals surface area contributed by atoms with E-state index in [-0.39, 0.29) is 11.9 Å². The lowest BCUT2D eigenvalue weighted by Gasteiger charge is -2.20. The second kappa shape index (κ2) is 6.61. The van der Waals surface area contributed by atoms with Gasteiger partial charge >= 0.3 is 0 Å². The number of hydrogen-bond donors (Lipinski definition) is 2. The van der Waals surface area contributed by atoms with Crippen molar-refractivity contribution in [2.75, 3.05) is 0 Å². The second-order valence-corrected chi connectivity index (χ2v) is 6.72. The summed E-state index contributed by atoms with van der Waals surface area (Å²) in [5.41, 5.74) is 1.89. The third-order valence-electron chi connectivity index (χ3n) is 2.94. The first-order chi connectivity index (χ1) is 9.06. The molecule has 0 saturated carbocycles. The number of halogens is 2. The summed E-state index contributed by atoms with van der Waals surface area (Å²) in [7, 11) is 0. The van der Waals surface area contributed by atoms with Crippen LogP contribution < -0.4 is 5.32 Å². The zero-order chi connectivity index (χ0) is 13.8. The van der Waals surface area contributed by atoms with Gasteiger partial charge in [0.1, 0.15) is 5.82 Å². The molecule has 0 radical (unpaired) electrons. The lowest BCUT2D eigenvalue weighted by molar-refractivity contribution is 0.135. The Hall–Kier alpha value is -0.750. The number of nitrogens with one attached hydrogen (secondary N) is 1. The molecule has 0 fully saturated rings. The van der Waals surface area contributed by atoms with Gasteiger partial charge in [0.25, 0.3) is 0 Å². The molecular weight excluding hydrogens is 329 g/mol. The highest BCUT2D eigenvalue weighted by molar-refractivity contribution is 9.11. The molecule has 19 heavy (non-hydrogen) atoms. The van der Waals surface area contributed by atoms with Gasteiger partial charge < -0.3 is 10.4 Å². The molecule has 0 aliphatic heterocycles. The van der Waals surface area contributed by atoms with E-state index < -0.39 is 6.10 Å². The molecule has 2 unspecified atom stereocenters. The van der Waals surface area contributed by atoms with Crippen molar-refractivity contribution in [2.45, 2.75) is 25.6 Å². The number of benzene rings is 1. The van der Waals surface area contributed by atoms with E-state index >= 15 is 0 Å². The van der Waals surface area contributed by atoms with Crippen LogP contribution in [0.4, 0.5) is 4.39 Å². The first-order valence-electron chi connectivity index (χ1n) is 5.96. The average Bonchev–Trinajstić information content (AvgIpc) is 2.82. The van der Waals surface area contributed by atoms with E-state index in [1.165, 1.54) is 17.7 Å². The molecule has 1 aromatic heterocycles. The third-order valence-corrected chi connectivity index (χ3v) is 4.49. The first kappa shape index (κ1) is 14.7. The van der Waals surface area contributed by atoms with Crippen LogP contribution in [0.2, 0.25) is 0 Å². The summed E-state index contributed by atoms with van der Waals surface area (Å²) in [6, 6.07) is 7.89. The highest BCUT2D eigenvalue weighted by Crippen LogP contribution is 2.21. The molecule has 2 atom stereocenters. The molecule has 0 spiro atoms. The minimum absolute atomic E-state index is 0.107. The quantitative estimate of drug-likeness (QED) is 0.863. The van der Waals surface area contributed by atoms with Gasteiger partial charge in [-0.25, -0.2) is 4.39 Å². The molecule has 0 saturated heterocycles. The van der Waals surface area contributed by atoms with Crippen molar-refractivity contribution in [2.24, 2.45) is 0 Å². The van der Waals surface area contributed by atoms with Gasteiger partial charge in [0.05, 0.1) is 9.89 Å². The summed E-state index contributed by atoms with van der Waals surface area (Å²) in [5.74, 6) is -0.292. The van der Waals surface area contributed by atoms with E-state index in [0.717, 1.165) is 3.79 Å². The van der Waals surface area contributed by atoms with Crippen molar-refractivity contribution in [3.63, 3.8) is 0 Å². The molecule has 102 valence electrons. The minimum atomic E-state index is -0.650. The molecule has 0 aliphatic rings. The molecule has 2 N–H and O–H groups in total. The highest BCUT2D eigenvalue weighted by Gasteiger charge is 2.15. The Kier molecular flexibility index (Phi) is 5.10. The lowest BCUT2D eigenvalue weighted by atomic mass is 10.0. The molecule has 0 bridgehead atoms. The van der Waals surface area contributed by atoms with Crippen molar-refractivity contribution in [1.29, 1.82) is 0 Å².